The molecule has 5 nitrogen and oxygen atoms in total. The zero-order chi connectivity index (χ0) is 14.5. The van der Waals surface area contributed by atoms with Crippen LogP contribution in [0.15, 0.2) is 23.1 Å². The van der Waals surface area contributed by atoms with Gasteiger partial charge < -0.3 is 5.32 Å². The Bertz CT molecular complexity index is 549. The predicted octanol–water partition coefficient (Wildman–Crippen LogP) is 2.85. The Kier molecular flexibility index (Phi) is 5.25. The Hall–Kier alpha value is -1.27. The molecule has 0 fully saturated rings. The molecule has 6 heteroatoms. The smallest absolute Gasteiger partial charge is 0.151 e. The lowest BCUT2D eigenvalue weighted by Crippen LogP contribution is -2.27. The summed E-state index contributed by atoms with van der Waals surface area (Å²) in [7, 11) is 0. The van der Waals surface area contributed by atoms with Gasteiger partial charge in [-0.15, -0.1) is 0 Å². The quantitative estimate of drug-likeness (QED) is 0.880. The molecule has 0 saturated carbocycles. The van der Waals surface area contributed by atoms with Crippen LogP contribution in [0.1, 0.15) is 43.4 Å². The maximum Gasteiger partial charge on any atom is 0.151 e. The van der Waals surface area contributed by atoms with Crippen LogP contribution in [0, 0.1) is 6.92 Å². The van der Waals surface area contributed by atoms with Gasteiger partial charge in [-0.25, -0.2) is 9.97 Å². The number of halogens is 1. The molecule has 1 atom stereocenters. The Labute approximate surface area is 128 Å². The van der Waals surface area contributed by atoms with Gasteiger partial charge >= 0.3 is 0 Å². The molecule has 1 N–H and O–H groups in total. The van der Waals surface area contributed by atoms with E-state index in [-0.39, 0.29) is 6.04 Å². The fraction of sp³-hybridized carbons (Fsp3) is 0.500. The van der Waals surface area contributed by atoms with Crippen molar-refractivity contribution in [3.05, 3.63) is 40.1 Å². The van der Waals surface area contributed by atoms with E-state index in [1.165, 1.54) is 0 Å². The van der Waals surface area contributed by atoms with Crippen molar-refractivity contribution in [1.82, 2.24) is 25.1 Å². The Balaban J connectivity index is 2.41. The lowest BCUT2D eigenvalue weighted by molar-refractivity contribution is 0.510. The van der Waals surface area contributed by atoms with Gasteiger partial charge in [-0.2, -0.15) is 5.10 Å². The molecule has 0 aromatic carbocycles. The lowest BCUT2D eigenvalue weighted by Gasteiger charge is -2.19. The Morgan fingerprint density at radius 3 is 2.55 bits per heavy atom. The number of rotatable bonds is 6. The first-order chi connectivity index (χ1) is 9.67. The monoisotopic (exact) mass is 337 g/mol. The summed E-state index contributed by atoms with van der Waals surface area (Å²) in [6, 6.07) is -0.0487. The van der Waals surface area contributed by atoms with Crippen molar-refractivity contribution < 1.29 is 0 Å². The zero-order valence-corrected chi connectivity index (χ0v) is 13.7. The van der Waals surface area contributed by atoms with E-state index in [9.17, 15) is 0 Å². The minimum Gasteiger partial charge on any atom is -0.302 e. The molecule has 0 aliphatic heterocycles. The number of hydrogen-bond donors (Lipinski definition) is 1. The second-order valence-electron chi connectivity index (χ2n) is 4.70. The van der Waals surface area contributed by atoms with Crippen LogP contribution in [0.25, 0.3) is 0 Å². The van der Waals surface area contributed by atoms with Gasteiger partial charge in [0.15, 0.2) is 5.82 Å². The van der Waals surface area contributed by atoms with Crippen LogP contribution >= 0.6 is 15.9 Å². The van der Waals surface area contributed by atoms with Gasteiger partial charge in [0.25, 0.3) is 0 Å². The van der Waals surface area contributed by atoms with E-state index in [2.05, 4.69) is 50.2 Å². The summed E-state index contributed by atoms with van der Waals surface area (Å²) >= 11 is 3.58. The SMILES string of the molecule is CCCNC(c1ncc(C)cn1)c1c(Br)cnn1CC. The van der Waals surface area contributed by atoms with Gasteiger partial charge in [-0.1, -0.05) is 6.92 Å². The number of hydrogen-bond acceptors (Lipinski definition) is 4. The fourth-order valence-corrected chi connectivity index (χ4v) is 2.59. The van der Waals surface area contributed by atoms with Gasteiger partial charge in [-0.3, -0.25) is 4.68 Å². The summed E-state index contributed by atoms with van der Waals surface area (Å²) in [5.74, 6) is 0.778. The standard InChI is InChI=1S/C14H20BrN5/c1-4-6-16-12(14-17-7-10(3)8-18-14)13-11(15)9-19-20(13)5-2/h7-9,12,16H,4-6H2,1-3H3. The summed E-state index contributed by atoms with van der Waals surface area (Å²) < 4.78 is 2.96. The van der Waals surface area contributed by atoms with Crippen molar-refractivity contribution in [3.8, 4) is 0 Å². The highest BCUT2D eigenvalue weighted by Crippen LogP contribution is 2.26. The lowest BCUT2D eigenvalue weighted by atomic mass is 10.1. The molecular formula is C14H20BrN5. The number of aryl methyl sites for hydroxylation is 2. The molecule has 1 unspecified atom stereocenters. The molecule has 0 aliphatic rings. The summed E-state index contributed by atoms with van der Waals surface area (Å²) in [4.78, 5) is 8.94. The Morgan fingerprint density at radius 2 is 1.95 bits per heavy atom. The van der Waals surface area contributed by atoms with Crippen molar-refractivity contribution >= 4 is 15.9 Å². The molecule has 0 spiro atoms. The van der Waals surface area contributed by atoms with E-state index >= 15 is 0 Å². The van der Waals surface area contributed by atoms with E-state index < -0.39 is 0 Å². The second-order valence-corrected chi connectivity index (χ2v) is 5.55. The van der Waals surface area contributed by atoms with E-state index in [4.69, 9.17) is 0 Å². The molecule has 2 aromatic rings. The van der Waals surface area contributed by atoms with Gasteiger partial charge in [0, 0.05) is 18.9 Å². The summed E-state index contributed by atoms with van der Waals surface area (Å²) in [5, 5.41) is 7.89. The van der Waals surface area contributed by atoms with Gasteiger partial charge in [0.05, 0.1) is 16.4 Å². The molecule has 108 valence electrons. The minimum atomic E-state index is -0.0487. The van der Waals surface area contributed by atoms with Crippen molar-refractivity contribution in [3.63, 3.8) is 0 Å². The van der Waals surface area contributed by atoms with Crippen molar-refractivity contribution in [2.75, 3.05) is 6.54 Å². The molecular weight excluding hydrogens is 318 g/mol. The molecule has 2 rings (SSSR count). The zero-order valence-electron chi connectivity index (χ0n) is 12.1. The van der Waals surface area contributed by atoms with Crippen LogP contribution in [-0.4, -0.2) is 26.3 Å². The average molecular weight is 338 g/mol. The molecule has 0 radical (unpaired) electrons. The molecule has 2 aromatic heterocycles. The minimum absolute atomic E-state index is 0.0487. The van der Waals surface area contributed by atoms with Gasteiger partial charge in [0.2, 0.25) is 0 Å². The number of aromatic nitrogens is 4. The molecule has 0 bridgehead atoms. The molecule has 2 heterocycles. The number of nitrogens with one attached hydrogen (secondary N) is 1. The predicted molar refractivity (Wildman–Crippen MR) is 82.5 cm³/mol. The van der Waals surface area contributed by atoms with Crippen molar-refractivity contribution in [2.45, 2.75) is 39.8 Å². The topological polar surface area (TPSA) is 55.6 Å². The van der Waals surface area contributed by atoms with E-state index in [0.29, 0.717) is 0 Å². The van der Waals surface area contributed by atoms with Crippen LogP contribution in [-0.2, 0) is 6.54 Å². The largest absolute Gasteiger partial charge is 0.302 e. The van der Waals surface area contributed by atoms with E-state index in [1.807, 2.05) is 30.2 Å². The van der Waals surface area contributed by atoms with Crippen molar-refractivity contribution in [1.29, 1.82) is 0 Å². The normalized spacial score (nSPS) is 12.6. The average Bonchev–Trinajstić information content (AvgIpc) is 2.82. The third-order valence-electron chi connectivity index (χ3n) is 3.06. The number of nitrogens with zero attached hydrogens (tertiary/aromatic N) is 4. The summed E-state index contributed by atoms with van der Waals surface area (Å²) in [5.41, 5.74) is 2.14. The first-order valence-corrected chi connectivity index (χ1v) is 7.69. The summed E-state index contributed by atoms with van der Waals surface area (Å²) in [6.45, 7) is 7.94. The van der Waals surface area contributed by atoms with E-state index in [0.717, 1.165) is 41.1 Å². The fourth-order valence-electron chi connectivity index (χ4n) is 2.06. The molecule has 0 saturated heterocycles. The van der Waals surface area contributed by atoms with Crippen LogP contribution in [0.3, 0.4) is 0 Å². The van der Waals surface area contributed by atoms with Crippen LogP contribution < -0.4 is 5.32 Å². The maximum absolute atomic E-state index is 4.47. The third-order valence-corrected chi connectivity index (χ3v) is 3.67. The molecule has 20 heavy (non-hydrogen) atoms. The highest BCUT2D eigenvalue weighted by molar-refractivity contribution is 9.10. The van der Waals surface area contributed by atoms with Gasteiger partial charge in [0.1, 0.15) is 6.04 Å². The molecule has 0 amide bonds. The first kappa shape index (κ1) is 15.1. The first-order valence-electron chi connectivity index (χ1n) is 6.90. The van der Waals surface area contributed by atoms with Crippen LogP contribution in [0.2, 0.25) is 0 Å². The van der Waals surface area contributed by atoms with Crippen LogP contribution in [0.5, 0.6) is 0 Å². The van der Waals surface area contributed by atoms with Crippen LogP contribution in [0.4, 0.5) is 0 Å². The highest BCUT2D eigenvalue weighted by Gasteiger charge is 2.23. The third kappa shape index (κ3) is 3.24. The van der Waals surface area contributed by atoms with Crippen molar-refractivity contribution in [2.24, 2.45) is 0 Å². The Morgan fingerprint density at radius 1 is 1.25 bits per heavy atom. The van der Waals surface area contributed by atoms with Gasteiger partial charge in [-0.05, 0) is 48.3 Å². The van der Waals surface area contributed by atoms with E-state index in [1.54, 1.807) is 0 Å². The highest BCUT2D eigenvalue weighted by atomic mass is 79.9. The molecule has 0 aliphatic carbocycles. The maximum atomic E-state index is 4.47. The summed E-state index contributed by atoms with van der Waals surface area (Å²) in [6.07, 6.45) is 6.58. The second kappa shape index (κ2) is 6.95.